The van der Waals surface area contributed by atoms with Gasteiger partial charge in [0.15, 0.2) is 0 Å². The standard InChI is InChI=1S/C18H12FN3OS/c19-14-4-1-3-11-7-12(9-21-17(11)14)18(23)22-10-13-8-15-16(24-13)5-2-6-20-15/h1-9H,10H2,(H,22,23). The number of carbonyl (C=O) groups excluding carboxylic acids is 1. The number of pyridine rings is 2. The van der Waals surface area contributed by atoms with Gasteiger partial charge in [-0.05, 0) is 30.3 Å². The van der Waals surface area contributed by atoms with Gasteiger partial charge in [-0.3, -0.25) is 14.8 Å². The van der Waals surface area contributed by atoms with E-state index in [1.807, 2.05) is 18.2 Å². The lowest BCUT2D eigenvalue weighted by atomic mass is 10.1. The number of rotatable bonds is 3. The first kappa shape index (κ1) is 14.7. The fourth-order valence-corrected chi connectivity index (χ4v) is 3.49. The van der Waals surface area contributed by atoms with Crippen molar-refractivity contribution in [2.45, 2.75) is 6.54 Å². The third-order valence-electron chi connectivity index (χ3n) is 3.69. The number of halogens is 1. The van der Waals surface area contributed by atoms with Crippen LogP contribution in [0.5, 0.6) is 0 Å². The Morgan fingerprint density at radius 2 is 2.08 bits per heavy atom. The largest absolute Gasteiger partial charge is 0.347 e. The van der Waals surface area contributed by atoms with Crippen LogP contribution in [0, 0.1) is 5.82 Å². The van der Waals surface area contributed by atoms with Crippen LogP contribution in [0.25, 0.3) is 21.1 Å². The van der Waals surface area contributed by atoms with Gasteiger partial charge >= 0.3 is 0 Å². The van der Waals surface area contributed by atoms with Gasteiger partial charge in [0, 0.05) is 22.7 Å². The first-order chi connectivity index (χ1) is 11.7. The Morgan fingerprint density at radius 3 is 2.96 bits per heavy atom. The van der Waals surface area contributed by atoms with Crippen LogP contribution in [0.3, 0.4) is 0 Å². The number of thiophene rings is 1. The predicted octanol–water partition coefficient (Wildman–Crippen LogP) is 3.91. The minimum Gasteiger partial charge on any atom is -0.347 e. The molecule has 1 amide bonds. The van der Waals surface area contributed by atoms with Crippen molar-refractivity contribution < 1.29 is 9.18 Å². The summed E-state index contributed by atoms with van der Waals surface area (Å²) in [6.07, 6.45) is 3.14. The van der Waals surface area contributed by atoms with Gasteiger partial charge in [-0.1, -0.05) is 12.1 Å². The van der Waals surface area contributed by atoms with Gasteiger partial charge in [-0.2, -0.15) is 0 Å². The molecule has 24 heavy (non-hydrogen) atoms. The number of nitrogens with one attached hydrogen (secondary N) is 1. The lowest BCUT2D eigenvalue weighted by Crippen LogP contribution is -2.22. The molecule has 0 fully saturated rings. The van der Waals surface area contributed by atoms with E-state index in [2.05, 4.69) is 15.3 Å². The lowest BCUT2D eigenvalue weighted by molar-refractivity contribution is 0.0951. The highest BCUT2D eigenvalue weighted by Gasteiger charge is 2.10. The van der Waals surface area contributed by atoms with Gasteiger partial charge < -0.3 is 5.32 Å². The average molecular weight is 337 g/mol. The van der Waals surface area contributed by atoms with Crippen LogP contribution in [0.15, 0.2) is 54.9 Å². The number of benzene rings is 1. The molecule has 0 saturated heterocycles. The minimum absolute atomic E-state index is 0.237. The Hall–Kier alpha value is -2.86. The summed E-state index contributed by atoms with van der Waals surface area (Å²) in [7, 11) is 0. The summed E-state index contributed by atoms with van der Waals surface area (Å²) in [5, 5.41) is 3.47. The van der Waals surface area contributed by atoms with Crippen molar-refractivity contribution in [3.8, 4) is 0 Å². The number of amides is 1. The second-order valence-corrected chi connectivity index (χ2v) is 6.49. The van der Waals surface area contributed by atoms with Gasteiger partial charge in [-0.25, -0.2) is 4.39 Å². The van der Waals surface area contributed by atoms with Gasteiger partial charge in [-0.15, -0.1) is 11.3 Å². The summed E-state index contributed by atoms with van der Waals surface area (Å²) in [5.74, 6) is -0.628. The van der Waals surface area contributed by atoms with Crippen molar-refractivity contribution >= 4 is 38.4 Å². The van der Waals surface area contributed by atoms with E-state index in [9.17, 15) is 9.18 Å². The van der Waals surface area contributed by atoms with E-state index in [0.29, 0.717) is 17.5 Å². The maximum Gasteiger partial charge on any atom is 0.253 e. The summed E-state index contributed by atoms with van der Waals surface area (Å²) < 4.78 is 14.7. The van der Waals surface area contributed by atoms with E-state index >= 15 is 0 Å². The third kappa shape index (κ3) is 2.72. The number of aromatic nitrogens is 2. The molecular formula is C18H12FN3OS. The second kappa shape index (κ2) is 5.98. The molecule has 6 heteroatoms. The van der Waals surface area contributed by atoms with E-state index in [-0.39, 0.29) is 11.4 Å². The lowest BCUT2D eigenvalue weighted by Gasteiger charge is -2.05. The zero-order chi connectivity index (χ0) is 16.5. The number of fused-ring (bicyclic) bond motifs is 2. The summed E-state index contributed by atoms with van der Waals surface area (Å²) in [5.41, 5.74) is 1.60. The monoisotopic (exact) mass is 337 g/mol. The molecule has 0 aliphatic carbocycles. The zero-order valence-electron chi connectivity index (χ0n) is 12.5. The van der Waals surface area contributed by atoms with Gasteiger partial charge in [0.25, 0.3) is 5.91 Å². The molecule has 4 rings (SSSR count). The Bertz CT molecular complexity index is 1030. The van der Waals surface area contributed by atoms with Gasteiger partial charge in [0.2, 0.25) is 0 Å². The van der Waals surface area contributed by atoms with E-state index in [1.165, 1.54) is 12.3 Å². The molecular weight excluding hydrogens is 325 g/mol. The number of hydrogen-bond donors (Lipinski definition) is 1. The van der Waals surface area contributed by atoms with Crippen molar-refractivity contribution in [2.75, 3.05) is 0 Å². The van der Waals surface area contributed by atoms with E-state index in [4.69, 9.17) is 0 Å². The molecule has 1 N–H and O–H groups in total. The van der Waals surface area contributed by atoms with Crippen molar-refractivity contribution in [3.63, 3.8) is 0 Å². The summed E-state index contributed by atoms with van der Waals surface area (Å²) >= 11 is 1.60. The third-order valence-corrected chi connectivity index (χ3v) is 4.78. The number of hydrogen-bond acceptors (Lipinski definition) is 4. The van der Waals surface area contributed by atoms with Crippen molar-refractivity contribution in [3.05, 3.63) is 71.1 Å². The molecule has 118 valence electrons. The number of nitrogens with zero attached hydrogens (tertiary/aromatic N) is 2. The molecule has 0 radical (unpaired) electrons. The Kier molecular flexibility index (Phi) is 3.66. The molecule has 4 nitrogen and oxygen atoms in total. The Balaban J connectivity index is 1.53. The fourth-order valence-electron chi connectivity index (χ4n) is 2.52. The van der Waals surface area contributed by atoms with Crippen LogP contribution in [0.2, 0.25) is 0 Å². The van der Waals surface area contributed by atoms with E-state index in [1.54, 1.807) is 35.7 Å². The quantitative estimate of drug-likeness (QED) is 0.616. The number of carbonyl (C=O) groups is 1. The van der Waals surface area contributed by atoms with Gasteiger partial charge in [0.1, 0.15) is 11.3 Å². The normalized spacial score (nSPS) is 11.0. The Morgan fingerprint density at radius 1 is 1.17 bits per heavy atom. The zero-order valence-corrected chi connectivity index (χ0v) is 13.3. The van der Waals surface area contributed by atoms with Crippen LogP contribution >= 0.6 is 11.3 Å². The molecule has 0 spiro atoms. The Labute approximate surface area is 141 Å². The minimum atomic E-state index is -0.391. The fraction of sp³-hybridized carbons (Fsp3) is 0.0556. The van der Waals surface area contributed by atoms with Crippen LogP contribution < -0.4 is 5.32 Å². The molecule has 1 aromatic carbocycles. The second-order valence-electron chi connectivity index (χ2n) is 5.32. The van der Waals surface area contributed by atoms with E-state index in [0.717, 1.165) is 15.1 Å². The van der Waals surface area contributed by atoms with Crippen molar-refractivity contribution in [1.29, 1.82) is 0 Å². The maximum absolute atomic E-state index is 13.6. The summed E-state index contributed by atoms with van der Waals surface area (Å²) in [6.45, 7) is 0.418. The SMILES string of the molecule is O=C(NCc1cc2ncccc2s1)c1cnc2c(F)cccc2c1. The predicted molar refractivity (Wildman–Crippen MR) is 92.5 cm³/mol. The first-order valence-electron chi connectivity index (χ1n) is 7.36. The van der Waals surface area contributed by atoms with Crippen LogP contribution in [-0.4, -0.2) is 15.9 Å². The average Bonchev–Trinajstić information content (AvgIpc) is 3.02. The van der Waals surface area contributed by atoms with Crippen molar-refractivity contribution in [2.24, 2.45) is 0 Å². The summed E-state index contributed by atoms with van der Waals surface area (Å²) in [6, 6.07) is 12.2. The molecule has 3 heterocycles. The highest BCUT2D eigenvalue weighted by atomic mass is 32.1. The highest BCUT2D eigenvalue weighted by Crippen LogP contribution is 2.23. The molecule has 3 aromatic heterocycles. The van der Waals surface area contributed by atoms with Crippen molar-refractivity contribution in [1.82, 2.24) is 15.3 Å². The smallest absolute Gasteiger partial charge is 0.253 e. The summed E-state index contributed by atoms with van der Waals surface area (Å²) in [4.78, 5) is 21.7. The molecule has 0 bridgehead atoms. The molecule has 0 aliphatic rings. The van der Waals surface area contributed by atoms with E-state index < -0.39 is 5.82 Å². The van der Waals surface area contributed by atoms with Crippen LogP contribution in [0.1, 0.15) is 15.2 Å². The molecule has 0 atom stereocenters. The first-order valence-corrected chi connectivity index (χ1v) is 8.18. The van der Waals surface area contributed by atoms with Crippen LogP contribution in [0.4, 0.5) is 4.39 Å². The molecule has 0 aliphatic heterocycles. The van der Waals surface area contributed by atoms with Gasteiger partial charge in [0.05, 0.1) is 22.3 Å². The molecule has 0 saturated carbocycles. The molecule has 4 aromatic rings. The highest BCUT2D eigenvalue weighted by molar-refractivity contribution is 7.19. The van der Waals surface area contributed by atoms with Crippen LogP contribution in [-0.2, 0) is 6.54 Å². The maximum atomic E-state index is 13.6. The number of para-hydroxylation sites is 1. The topological polar surface area (TPSA) is 54.9 Å². The molecule has 0 unspecified atom stereocenters.